The molecule has 0 aliphatic carbocycles. The van der Waals surface area contributed by atoms with Gasteiger partial charge in [0.1, 0.15) is 0 Å². The first-order valence-electron chi connectivity index (χ1n) is 11.7. The Bertz CT molecular complexity index is 1380. The normalized spacial score (nSPS) is 9.95. The van der Waals surface area contributed by atoms with Gasteiger partial charge in [-0.15, -0.1) is 22.1 Å². The van der Waals surface area contributed by atoms with Crippen molar-refractivity contribution in [1.82, 2.24) is 19.9 Å². The van der Waals surface area contributed by atoms with Crippen LogP contribution in [0.4, 0.5) is 0 Å². The summed E-state index contributed by atoms with van der Waals surface area (Å²) in [6.07, 6.45) is 7.30. The molecule has 0 unspecified atom stereocenters. The van der Waals surface area contributed by atoms with Gasteiger partial charge in [-0.05, 0) is 21.5 Å². The third kappa shape index (κ3) is 7.00. The number of rotatable bonds is 0. The topological polar surface area (TPSA) is 56.4 Å². The largest absolute Gasteiger partial charge is 4.00 e. The minimum absolute atomic E-state index is 0. The van der Waals surface area contributed by atoms with E-state index in [1.807, 2.05) is 122 Å². The fraction of sp³-hybridized carbons (Fsp3) is 0. The molecule has 0 saturated heterocycles. The molecule has 4 heterocycles. The molecule has 0 fully saturated rings. The Morgan fingerprint density at radius 3 is 0.703 bits per heavy atom. The molecule has 0 N–H and O–H groups in total. The SMILES string of the molecule is [Zr+4].c1ccc2[n-]ccc2c1.c1ccc2[n-]ccc2c1.c1ccc2[n-]ccc2c1.c1ccc2[n-]ccc2c1. The molecule has 0 amide bonds. The minimum atomic E-state index is 0. The zero-order chi connectivity index (χ0) is 24.4. The summed E-state index contributed by atoms with van der Waals surface area (Å²) >= 11 is 0. The van der Waals surface area contributed by atoms with Crippen molar-refractivity contribution in [2.75, 3.05) is 0 Å². The van der Waals surface area contributed by atoms with E-state index in [9.17, 15) is 0 Å². The fourth-order valence-electron chi connectivity index (χ4n) is 3.78. The molecule has 8 rings (SSSR count). The van der Waals surface area contributed by atoms with Crippen LogP contribution in [0.5, 0.6) is 0 Å². The van der Waals surface area contributed by atoms with Gasteiger partial charge in [0.25, 0.3) is 0 Å². The van der Waals surface area contributed by atoms with E-state index >= 15 is 0 Å². The molecule has 0 atom stereocenters. The van der Waals surface area contributed by atoms with Gasteiger partial charge in [0.2, 0.25) is 0 Å². The smallest absolute Gasteiger partial charge is 0.664 e. The first kappa shape index (κ1) is 26.0. The predicted octanol–water partition coefficient (Wildman–Crippen LogP) is 7.19. The van der Waals surface area contributed by atoms with Gasteiger partial charge in [0.15, 0.2) is 0 Å². The van der Waals surface area contributed by atoms with Gasteiger partial charge in [0.05, 0.1) is 0 Å². The van der Waals surface area contributed by atoms with Crippen molar-refractivity contribution in [2.45, 2.75) is 0 Å². The van der Waals surface area contributed by atoms with Gasteiger partial charge in [0, 0.05) is 0 Å². The quantitative estimate of drug-likeness (QED) is 0.199. The molecule has 4 aromatic carbocycles. The molecular formula is C32H24N4Zr. The van der Waals surface area contributed by atoms with Gasteiger partial charge in [-0.1, -0.05) is 121 Å². The van der Waals surface area contributed by atoms with Crippen molar-refractivity contribution in [2.24, 2.45) is 0 Å². The predicted molar refractivity (Wildman–Crippen MR) is 149 cm³/mol. The second kappa shape index (κ2) is 13.3. The number of nitrogens with zero attached hydrogens (tertiary/aromatic N) is 4. The average molecular weight is 556 g/mol. The summed E-state index contributed by atoms with van der Waals surface area (Å²) in [7, 11) is 0. The van der Waals surface area contributed by atoms with Crippen LogP contribution in [0.2, 0.25) is 0 Å². The number of aromatic nitrogens is 4. The summed E-state index contributed by atoms with van der Waals surface area (Å²) in [5, 5.41) is 4.88. The number of fused-ring (bicyclic) bond motifs is 4. The van der Waals surface area contributed by atoms with E-state index in [2.05, 4.69) is 44.2 Å². The number of hydrogen-bond acceptors (Lipinski definition) is 0. The van der Waals surface area contributed by atoms with Crippen LogP contribution in [0.15, 0.2) is 146 Å². The van der Waals surface area contributed by atoms with Crippen LogP contribution in [0, 0.1) is 0 Å². The minimum Gasteiger partial charge on any atom is -0.664 e. The Kier molecular flexibility index (Phi) is 9.34. The molecule has 0 radical (unpaired) electrons. The Hall–Kier alpha value is -4.08. The molecule has 4 nitrogen and oxygen atoms in total. The van der Waals surface area contributed by atoms with Gasteiger partial charge in [-0.25, -0.2) is 0 Å². The van der Waals surface area contributed by atoms with Crippen LogP contribution in [0.3, 0.4) is 0 Å². The summed E-state index contributed by atoms with van der Waals surface area (Å²) in [5.41, 5.74) is 4.32. The molecule has 0 aliphatic rings. The van der Waals surface area contributed by atoms with E-state index in [4.69, 9.17) is 0 Å². The van der Waals surface area contributed by atoms with Crippen LogP contribution in [-0.2, 0) is 26.2 Å². The monoisotopic (exact) mass is 554 g/mol. The molecule has 37 heavy (non-hydrogen) atoms. The Morgan fingerprint density at radius 1 is 0.270 bits per heavy atom. The van der Waals surface area contributed by atoms with Crippen LogP contribution in [0.1, 0.15) is 0 Å². The Labute approximate surface area is 234 Å². The Balaban J connectivity index is 0.000000114. The summed E-state index contributed by atoms with van der Waals surface area (Å²) in [5.74, 6) is 0. The summed E-state index contributed by atoms with van der Waals surface area (Å²) < 4.78 is 0. The average Bonchev–Trinajstić information content (AvgIpc) is 3.76. The molecule has 5 heteroatoms. The Morgan fingerprint density at radius 2 is 0.486 bits per heavy atom. The third-order valence-electron chi connectivity index (χ3n) is 5.62. The molecule has 0 saturated carbocycles. The van der Waals surface area contributed by atoms with Gasteiger partial charge < -0.3 is 19.9 Å². The maximum absolute atomic E-state index is 4.12. The number of para-hydroxylation sites is 4. The van der Waals surface area contributed by atoms with Crippen LogP contribution < -0.4 is 19.9 Å². The summed E-state index contributed by atoms with van der Waals surface area (Å²) in [6, 6.07) is 40.4. The first-order chi connectivity index (χ1) is 17.9. The van der Waals surface area contributed by atoms with E-state index in [0.29, 0.717) is 0 Å². The summed E-state index contributed by atoms with van der Waals surface area (Å²) in [4.78, 5) is 16.5. The zero-order valence-corrected chi connectivity index (χ0v) is 22.6. The van der Waals surface area contributed by atoms with Crippen molar-refractivity contribution in [3.8, 4) is 0 Å². The van der Waals surface area contributed by atoms with Crippen molar-refractivity contribution < 1.29 is 26.2 Å². The number of hydrogen-bond donors (Lipinski definition) is 0. The molecule has 176 valence electrons. The second-order valence-electron chi connectivity index (χ2n) is 8.01. The third-order valence-corrected chi connectivity index (χ3v) is 5.62. The van der Waals surface area contributed by atoms with Gasteiger partial charge in [-0.2, -0.15) is 24.8 Å². The van der Waals surface area contributed by atoms with E-state index in [1.54, 1.807) is 0 Å². The van der Waals surface area contributed by atoms with Crippen molar-refractivity contribution in [1.29, 1.82) is 0 Å². The molecule has 0 spiro atoms. The maximum Gasteiger partial charge on any atom is 4.00 e. The van der Waals surface area contributed by atoms with Gasteiger partial charge in [-0.3, -0.25) is 0 Å². The zero-order valence-electron chi connectivity index (χ0n) is 20.1. The van der Waals surface area contributed by atoms with Crippen LogP contribution >= 0.6 is 0 Å². The molecule has 4 aromatic heterocycles. The van der Waals surface area contributed by atoms with E-state index in [0.717, 1.165) is 22.1 Å². The molecule has 8 aromatic rings. The van der Waals surface area contributed by atoms with Crippen molar-refractivity contribution in [3.05, 3.63) is 146 Å². The molecule has 0 aliphatic heterocycles. The summed E-state index contributed by atoms with van der Waals surface area (Å²) in [6.45, 7) is 0. The molecular weight excluding hydrogens is 532 g/mol. The van der Waals surface area contributed by atoms with E-state index < -0.39 is 0 Å². The standard InChI is InChI=1S/4C8H6N.Zr/c4*1-2-4-8-7(3-1)5-6-9-8;/h4*1-6H;/q4*-1;+4. The maximum atomic E-state index is 4.12. The first-order valence-corrected chi connectivity index (χ1v) is 11.7. The number of benzene rings is 4. The van der Waals surface area contributed by atoms with Crippen molar-refractivity contribution in [3.63, 3.8) is 0 Å². The van der Waals surface area contributed by atoms with Crippen LogP contribution in [0.25, 0.3) is 43.6 Å². The van der Waals surface area contributed by atoms with Crippen molar-refractivity contribution >= 4 is 43.6 Å². The van der Waals surface area contributed by atoms with E-state index in [-0.39, 0.29) is 26.2 Å². The van der Waals surface area contributed by atoms with E-state index in [1.165, 1.54) is 21.5 Å². The fourth-order valence-corrected chi connectivity index (χ4v) is 3.78. The second-order valence-corrected chi connectivity index (χ2v) is 8.01. The van der Waals surface area contributed by atoms with Gasteiger partial charge >= 0.3 is 26.2 Å². The molecule has 0 bridgehead atoms. The van der Waals surface area contributed by atoms with Crippen LogP contribution in [-0.4, -0.2) is 0 Å².